The van der Waals surface area contributed by atoms with Gasteiger partial charge in [0.2, 0.25) is 5.91 Å². The molecule has 4 rings (SSSR count). The molecule has 7 nitrogen and oxygen atoms in total. The fraction of sp³-hybridized carbons (Fsp3) is 0.423. The van der Waals surface area contributed by atoms with Crippen LogP contribution in [0.1, 0.15) is 41.6 Å². The van der Waals surface area contributed by atoms with E-state index in [4.69, 9.17) is 10.00 Å². The van der Waals surface area contributed by atoms with Crippen LogP contribution < -0.4 is 10.1 Å². The second kappa shape index (κ2) is 11.0. The fourth-order valence-electron chi connectivity index (χ4n) is 4.49. The summed E-state index contributed by atoms with van der Waals surface area (Å²) in [6.45, 7) is 4.56. The van der Waals surface area contributed by atoms with Crippen LogP contribution in [0.25, 0.3) is 0 Å². The van der Waals surface area contributed by atoms with Gasteiger partial charge in [0, 0.05) is 50.7 Å². The molecule has 33 heavy (non-hydrogen) atoms. The average molecular weight is 447 g/mol. The van der Waals surface area contributed by atoms with Crippen molar-refractivity contribution in [1.82, 2.24) is 15.1 Å². The second-order valence-electron chi connectivity index (χ2n) is 8.67. The fourth-order valence-corrected chi connectivity index (χ4v) is 4.49. The Morgan fingerprint density at radius 3 is 2.42 bits per heavy atom. The number of rotatable bonds is 7. The van der Waals surface area contributed by atoms with Gasteiger partial charge in [-0.15, -0.1) is 0 Å². The van der Waals surface area contributed by atoms with Gasteiger partial charge in [-0.2, -0.15) is 5.26 Å². The van der Waals surface area contributed by atoms with Crippen LogP contribution in [0.3, 0.4) is 0 Å². The summed E-state index contributed by atoms with van der Waals surface area (Å²) in [6.07, 6.45) is 4.46. The summed E-state index contributed by atoms with van der Waals surface area (Å²) in [6, 6.07) is 16.0. The Morgan fingerprint density at radius 2 is 1.73 bits per heavy atom. The Labute approximate surface area is 194 Å². The third kappa shape index (κ3) is 6.11. The number of hydrogen-bond acceptors (Lipinski definition) is 5. The van der Waals surface area contributed by atoms with E-state index in [2.05, 4.69) is 16.3 Å². The van der Waals surface area contributed by atoms with Gasteiger partial charge in [-0.3, -0.25) is 14.5 Å². The number of piperazine rings is 1. The van der Waals surface area contributed by atoms with Crippen LogP contribution in [0.4, 0.5) is 0 Å². The first-order valence-electron chi connectivity index (χ1n) is 11.7. The summed E-state index contributed by atoms with van der Waals surface area (Å²) in [7, 11) is 0. The molecule has 0 unspecified atom stereocenters. The highest BCUT2D eigenvalue weighted by molar-refractivity contribution is 5.94. The van der Waals surface area contributed by atoms with Crippen LogP contribution in [-0.2, 0) is 4.79 Å². The lowest BCUT2D eigenvalue weighted by Crippen LogP contribution is -2.51. The van der Waals surface area contributed by atoms with E-state index in [0.717, 1.165) is 45.6 Å². The molecule has 2 aliphatic rings. The summed E-state index contributed by atoms with van der Waals surface area (Å²) < 4.78 is 5.80. The molecule has 0 spiro atoms. The number of ether oxygens (including phenoxy) is 1. The highest BCUT2D eigenvalue weighted by atomic mass is 16.5. The molecule has 2 amide bonds. The van der Waals surface area contributed by atoms with Gasteiger partial charge in [0.25, 0.3) is 5.91 Å². The molecular weight excluding hydrogens is 416 g/mol. The molecule has 1 saturated carbocycles. The van der Waals surface area contributed by atoms with E-state index in [1.54, 1.807) is 48.5 Å². The topological polar surface area (TPSA) is 85.7 Å². The van der Waals surface area contributed by atoms with Crippen molar-refractivity contribution in [1.29, 1.82) is 5.26 Å². The van der Waals surface area contributed by atoms with Crippen molar-refractivity contribution >= 4 is 11.8 Å². The van der Waals surface area contributed by atoms with E-state index < -0.39 is 0 Å². The molecular formula is C26H30N4O3. The molecule has 172 valence electrons. The summed E-state index contributed by atoms with van der Waals surface area (Å²) >= 11 is 0. The third-order valence-corrected chi connectivity index (χ3v) is 6.42. The SMILES string of the molecule is N#Cc1ccc(Oc2cccc(C(=O)NCCN3CCN(C(=O)C4CCCC4)CC3)c2)cc1. The van der Waals surface area contributed by atoms with Crippen LogP contribution in [-0.4, -0.2) is 60.9 Å². The normalized spacial score (nSPS) is 16.9. The van der Waals surface area contributed by atoms with Gasteiger partial charge < -0.3 is 15.0 Å². The van der Waals surface area contributed by atoms with Crippen molar-refractivity contribution < 1.29 is 14.3 Å². The Balaban J connectivity index is 1.20. The van der Waals surface area contributed by atoms with Gasteiger partial charge in [0.15, 0.2) is 0 Å². The van der Waals surface area contributed by atoms with Crippen molar-refractivity contribution in [2.24, 2.45) is 5.92 Å². The lowest BCUT2D eigenvalue weighted by Gasteiger charge is -2.36. The van der Waals surface area contributed by atoms with Crippen LogP contribution in [0, 0.1) is 17.2 Å². The Bertz CT molecular complexity index is 1000. The van der Waals surface area contributed by atoms with E-state index in [1.165, 1.54) is 12.8 Å². The quantitative estimate of drug-likeness (QED) is 0.704. The number of nitriles is 1. The zero-order chi connectivity index (χ0) is 23.0. The highest BCUT2D eigenvalue weighted by Crippen LogP contribution is 2.27. The molecule has 1 aliphatic heterocycles. The Morgan fingerprint density at radius 1 is 1.00 bits per heavy atom. The average Bonchev–Trinajstić information content (AvgIpc) is 3.40. The Kier molecular flexibility index (Phi) is 7.59. The predicted octanol–water partition coefficient (Wildman–Crippen LogP) is 3.41. The molecule has 1 heterocycles. The van der Waals surface area contributed by atoms with Crippen molar-refractivity contribution in [2.75, 3.05) is 39.3 Å². The molecule has 7 heteroatoms. The van der Waals surface area contributed by atoms with Crippen molar-refractivity contribution in [3.05, 3.63) is 59.7 Å². The largest absolute Gasteiger partial charge is 0.457 e. The zero-order valence-electron chi connectivity index (χ0n) is 18.8. The molecule has 1 saturated heterocycles. The van der Waals surface area contributed by atoms with Gasteiger partial charge in [-0.25, -0.2) is 0 Å². The van der Waals surface area contributed by atoms with Crippen molar-refractivity contribution in [3.63, 3.8) is 0 Å². The molecule has 1 N–H and O–H groups in total. The molecule has 0 radical (unpaired) electrons. The molecule has 2 aromatic carbocycles. The number of carbonyl (C=O) groups excluding carboxylic acids is 2. The first-order valence-corrected chi connectivity index (χ1v) is 11.7. The monoisotopic (exact) mass is 446 g/mol. The Hall–Kier alpha value is -3.37. The standard InChI is InChI=1S/C26H30N4O3/c27-19-20-8-10-23(11-9-20)33-24-7-3-6-22(18-24)25(31)28-12-13-29-14-16-30(17-15-29)26(32)21-4-1-2-5-21/h3,6-11,18,21H,1-2,4-5,12-17H2,(H,28,31). The van der Waals surface area contributed by atoms with E-state index in [9.17, 15) is 9.59 Å². The minimum absolute atomic E-state index is 0.143. The van der Waals surface area contributed by atoms with E-state index in [0.29, 0.717) is 35.1 Å². The van der Waals surface area contributed by atoms with Crippen LogP contribution in [0.2, 0.25) is 0 Å². The van der Waals surface area contributed by atoms with E-state index in [-0.39, 0.29) is 11.8 Å². The number of benzene rings is 2. The van der Waals surface area contributed by atoms with E-state index in [1.807, 2.05) is 4.90 Å². The molecule has 1 aliphatic carbocycles. The first kappa shape index (κ1) is 22.8. The lowest BCUT2D eigenvalue weighted by molar-refractivity contribution is -0.137. The number of amides is 2. The molecule has 0 atom stereocenters. The number of nitrogens with one attached hydrogen (secondary N) is 1. The van der Waals surface area contributed by atoms with Gasteiger partial charge >= 0.3 is 0 Å². The van der Waals surface area contributed by atoms with Crippen LogP contribution in [0.5, 0.6) is 11.5 Å². The molecule has 2 aromatic rings. The molecule has 2 fully saturated rings. The minimum atomic E-state index is -0.143. The van der Waals surface area contributed by atoms with Gasteiger partial charge in [0.05, 0.1) is 11.6 Å². The first-order chi connectivity index (χ1) is 16.1. The minimum Gasteiger partial charge on any atom is -0.457 e. The second-order valence-corrected chi connectivity index (χ2v) is 8.67. The maximum atomic E-state index is 12.6. The number of hydrogen-bond donors (Lipinski definition) is 1. The summed E-state index contributed by atoms with van der Waals surface area (Å²) in [5.41, 5.74) is 1.10. The third-order valence-electron chi connectivity index (χ3n) is 6.42. The van der Waals surface area contributed by atoms with Crippen molar-refractivity contribution in [3.8, 4) is 17.6 Å². The lowest BCUT2D eigenvalue weighted by atomic mass is 10.1. The molecule has 0 aromatic heterocycles. The number of carbonyl (C=O) groups is 2. The van der Waals surface area contributed by atoms with Crippen LogP contribution in [0.15, 0.2) is 48.5 Å². The summed E-state index contributed by atoms with van der Waals surface area (Å²) in [4.78, 5) is 29.5. The van der Waals surface area contributed by atoms with Crippen LogP contribution >= 0.6 is 0 Å². The van der Waals surface area contributed by atoms with Gasteiger partial charge in [-0.05, 0) is 55.3 Å². The summed E-state index contributed by atoms with van der Waals surface area (Å²) in [5.74, 6) is 1.61. The summed E-state index contributed by atoms with van der Waals surface area (Å²) in [5, 5.41) is 11.9. The van der Waals surface area contributed by atoms with Gasteiger partial charge in [-0.1, -0.05) is 18.9 Å². The smallest absolute Gasteiger partial charge is 0.251 e. The van der Waals surface area contributed by atoms with Crippen molar-refractivity contribution in [2.45, 2.75) is 25.7 Å². The predicted molar refractivity (Wildman–Crippen MR) is 125 cm³/mol. The number of nitrogens with zero attached hydrogens (tertiary/aromatic N) is 3. The molecule has 0 bridgehead atoms. The maximum Gasteiger partial charge on any atom is 0.251 e. The highest BCUT2D eigenvalue weighted by Gasteiger charge is 2.29. The van der Waals surface area contributed by atoms with E-state index >= 15 is 0 Å². The zero-order valence-corrected chi connectivity index (χ0v) is 18.8. The maximum absolute atomic E-state index is 12.6. The van der Waals surface area contributed by atoms with Gasteiger partial charge in [0.1, 0.15) is 11.5 Å².